The molecule has 1 aliphatic rings. The number of fused-ring (bicyclic) bond motifs is 1. The Balaban J connectivity index is 1.48. The number of rotatable bonds is 4. The van der Waals surface area contributed by atoms with Gasteiger partial charge in [0.25, 0.3) is 0 Å². The van der Waals surface area contributed by atoms with E-state index in [1.54, 1.807) is 7.11 Å². The topological polar surface area (TPSA) is 67.2 Å². The van der Waals surface area contributed by atoms with Crippen LogP contribution in [0.3, 0.4) is 0 Å². The SMILES string of the molecule is COc1ccc2[nH]cc(C3CCN([C@@H](C)c4nc(C)no4)CC3)c2c1. The molecule has 3 heterocycles. The lowest BCUT2D eigenvalue weighted by atomic mass is 9.88. The highest BCUT2D eigenvalue weighted by atomic mass is 16.5. The maximum absolute atomic E-state index is 5.39. The normalized spacial score (nSPS) is 17.9. The van der Waals surface area contributed by atoms with E-state index in [4.69, 9.17) is 9.26 Å². The Morgan fingerprint density at radius 3 is 2.80 bits per heavy atom. The van der Waals surface area contributed by atoms with Crippen LogP contribution in [0.1, 0.15) is 49.0 Å². The molecule has 0 radical (unpaired) electrons. The smallest absolute Gasteiger partial charge is 0.243 e. The summed E-state index contributed by atoms with van der Waals surface area (Å²) >= 11 is 0. The Hall–Kier alpha value is -2.34. The molecule has 1 atom stereocenters. The van der Waals surface area contributed by atoms with Gasteiger partial charge in [0, 0.05) is 17.1 Å². The number of piperidine rings is 1. The lowest BCUT2D eigenvalue weighted by molar-refractivity contribution is 0.136. The fourth-order valence-electron chi connectivity index (χ4n) is 3.82. The van der Waals surface area contributed by atoms with E-state index in [1.807, 2.05) is 13.0 Å². The van der Waals surface area contributed by atoms with Gasteiger partial charge >= 0.3 is 0 Å². The minimum absolute atomic E-state index is 0.171. The van der Waals surface area contributed by atoms with Crippen LogP contribution >= 0.6 is 0 Å². The molecule has 1 aromatic carbocycles. The van der Waals surface area contributed by atoms with Crippen LogP contribution < -0.4 is 4.74 Å². The van der Waals surface area contributed by atoms with Crippen molar-refractivity contribution in [2.24, 2.45) is 0 Å². The molecular formula is C19H24N4O2. The van der Waals surface area contributed by atoms with Crippen LogP contribution in [-0.2, 0) is 0 Å². The number of likely N-dealkylation sites (tertiary alicyclic amines) is 1. The highest BCUT2D eigenvalue weighted by Gasteiger charge is 2.28. The van der Waals surface area contributed by atoms with E-state index in [2.05, 4.69) is 45.3 Å². The van der Waals surface area contributed by atoms with Gasteiger partial charge in [-0.2, -0.15) is 4.98 Å². The highest BCUT2D eigenvalue weighted by molar-refractivity contribution is 5.85. The third-order valence-corrected chi connectivity index (χ3v) is 5.34. The summed E-state index contributed by atoms with van der Waals surface area (Å²) in [5, 5.41) is 5.19. The van der Waals surface area contributed by atoms with Crippen molar-refractivity contribution >= 4 is 10.9 Å². The maximum Gasteiger partial charge on any atom is 0.243 e. The van der Waals surface area contributed by atoms with Crippen molar-refractivity contribution in [3.63, 3.8) is 0 Å². The number of benzene rings is 1. The van der Waals surface area contributed by atoms with Crippen molar-refractivity contribution in [1.82, 2.24) is 20.0 Å². The second-order valence-corrected chi connectivity index (χ2v) is 6.82. The average molecular weight is 340 g/mol. The van der Waals surface area contributed by atoms with Gasteiger partial charge in [-0.1, -0.05) is 5.16 Å². The standard InChI is InChI=1S/C19H24N4O2/c1-12(19-21-13(2)22-25-19)23-8-6-14(7-9-23)17-11-20-18-5-4-15(24-3)10-16(17)18/h4-5,10-12,14,20H,6-9H2,1-3H3/t12-/m0/s1. The molecule has 3 aromatic rings. The first-order valence-corrected chi connectivity index (χ1v) is 8.85. The Bertz CT molecular complexity index is 861. The predicted molar refractivity (Wildman–Crippen MR) is 95.8 cm³/mol. The summed E-state index contributed by atoms with van der Waals surface area (Å²) in [6, 6.07) is 6.40. The summed E-state index contributed by atoms with van der Waals surface area (Å²) in [5.74, 6) is 2.89. The Morgan fingerprint density at radius 2 is 2.12 bits per heavy atom. The van der Waals surface area contributed by atoms with Crippen molar-refractivity contribution < 1.29 is 9.26 Å². The number of aromatic nitrogens is 3. The molecule has 1 fully saturated rings. The number of H-pyrrole nitrogens is 1. The second-order valence-electron chi connectivity index (χ2n) is 6.82. The van der Waals surface area contributed by atoms with Crippen molar-refractivity contribution in [2.45, 2.75) is 38.6 Å². The van der Waals surface area contributed by atoms with E-state index in [0.717, 1.165) is 31.7 Å². The number of aryl methyl sites for hydroxylation is 1. The van der Waals surface area contributed by atoms with Crippen molar-refractivity contribution in [1.29, 1.82) is 0 Å². The first-order valence-electron chi connectivity index (χ1n) is 8.85. The number of aromatic amines is 1. The predicted octanol–water partition coefficient (Wildman–Crippen LogP) is 3.81. The van der Waals surface area contributed by atoms with E-state index < -0.39 is 0 Å². The van der Waals surface area contributed by atoms with Crippen molar-refractivity contribution in [3.05, 3.63) is 41.7 Å². The van der Waals surface area contributed by atoms with Gasteiger partial charge in [0.15, 0.2) is 5.82 Å². The van der Waals surface area contributed by atoms with Crippen LogP contribution in [0.25, 0.3) is 10.9 Å². The first kappa shape index (κ1) is 16.1. The minimum atomic E-state index is 0.171. The van der Waals surface area contributed by atoms with Crippen molar-refractivity contribution in [3.8, 4) is 5.75 Å². The molecule has 132 valence electrons. The molecule has 1 aliphatic heterocycles. The lowest BCUT2D eigenvalue weighted by Gasteiger charge is -2.34. The van der Waals surface area contributed by atoms with E-state index in [1.165, 1.54) is 16.5 Å². The summed E-state index contributed by atoms with van der Waals surface area (Å²) < 4.78 is 10.7. The quantitative estimate of drug-likeness (QED) is 0.782. The van der Waals surface area contributed by atoms with Gasteiger partial charge in [0.05, 0.1) is 13.2 Å². The highest BCUT2D eigenvalue weighted by Crippen LogP contribution is 2.36. The molecule has 0 amide bonds. The summed E-state index contributed by atoms with van der Waals surface area (Å²) in [4.78, 5) is 10.2. The fraction of sp³-hybridized carbons (Fsp3) is 0.474. The molecule has 0 saturated carbocycles. The monoisotopic (exact) mass is 340 g/mol. The Morgan fingerprint density at radius 1 is 1.32 bits per heavy atom. The molecule has 25 heavy (non-hydrogen) atoms. The largest absolute Gasteiger partial charge is 0.497 e. The van der Waals surface area contributed by atoms with Gasteiger partial charge in [-0.3, -0.25) is 4.90 Å². The minimum Gasteiger partial charge on any atom is -0.497 e. The van der Waals surface area contributed by atoms with E-state index >= 15 is 0 Å². The zero-order valence-electron chi connectivity index (χ0n) is 15.0. The third-order valence-electron chi connectivity index (χ3n) is 5.34. The zero-order chi connectivity index (χ0) is 17.4. The van der Waals surface area contributed by atoms with Gasteiger partial charge in [0.2, 0.25) is 5.89 Å². The van der Waals surface area contributed by atoms with E-state index in [-0.39, 0.29) is 6.04 Å². The van der Waals surface area contributed by atoms with Crippen LogP contribution in [0.2, 0.25) is 0 Å². The average Bonchev–Trinajstić information content (AvgIpc) is 3.27. The molecule has 6 nitrogen and oxygen atoms in total. The number of hydrogen-bond acceptors (Lipinski definition) is 5. The summed E-state index contributed by atoms with van der Waals surface area (Å²) in [5.41, 5.74) is 2.57. The molecule has 6 heteroatoms. The van der Waals surface area contributed by atoms with E-state index in [9.17, 15) is 0 Å². The summed E-state index contributed by atoms with van der Waals surface area (Å²) in [6.45, 7) is 6.06. The van der Waals surface area contributed by atoms with E-state index in [0.29, 0.717) is 17.6 Å². The third kappa shape index (κ3) is 3.02. The lowest BCUT2D eigenvalue weighted by Crippen LogP contribution is -2.35. The van der Waals surface area contributed by atoms with Crippen LogP contribution in [0.5, 0.6) is 5.75 Å². The molecule has 0 spiro atoms. The van der Waals surface area contributed by atoms with Gasteiger partial charge in [0.1, 0.15) is 5.75 Å². The molecule has 0 aliphatic carbocycles. The number of methoxy groups -OCH3 is 1. The first-order chi connectivity index (χ1) is 12.2. The second kappa shape index (κ2) is 6.52. The van der Waals surface area contributed by atoms with Crippen molar-refractivity contribution in [2.75, 3.05) is 20.2 Å². The molecule has 1 saturated heterocycles. The fourth-order valence-corrected chi connectivity index (χ4v) is 3.82. The molecule has 4 rings (SSSR count). The number of hydrogen-bond donors (Lipinski definition) is 1. The molecule has 2 aromatic heterocycles. The van der Waals surface area contributed by atoms with Gasteiger partial charge in [-0.15, -0.1) is 0 Å². The van der Waals surface area contributed by atoms with Crippen LogP contribution in [0.15, 0.2) is 28.9 Å². The van der Waals surface area contributed by atoms with Crippen LogP contribution in [0.4, 0.5) is 0 Å². The van der Waals surface area contributed by atoms with Gasteiger partial charge in [-0.05, 0) is 69.5 Å². The Labute approximate surface area is 147 Å². The van der Waals surface area contributed by atoms with Gasteiger partial charge < -0.3 is 14.2 Å². The Kier molecular flexibility index (Phi) is 4.21. The molecule has 0 bridgehead atoms. The summed E-state index contributed by atoms with van der Waals surface area (Å²) in [7, 11) is 1.71. The van der Waals surface area contributed by atoms with Gasteiger partial charge in [-0.25, -0.2) is 0 Å². The number of nitrogens with zero attached hydrogens (tertiary/aromatic N) is 3. The summed E-state index contributed by atoms with van der Waals surface area (Å²) in [6.07, 6.45) is 4.42. The van der Waals surface area contributed by atoms with Crippen LogP contribution in [0, 0.1) is 6.92 Å². The zero-order valence-corrected chi connectivity index (χ0v) is 15.0. The number of ether oxygens (including phenoxy) is 1. The number of nitrogens with one attached hydrogen (secondary N) is 1. The maximum atomic E-state index is 5.39. The van der Waals surface area contributed by atoms with Crippen LogP contribution in [-0.4, -0.2) is 40.2 Å². The molecule has 0 unspecified atom stereocenters. The molecule has 1 N–H and O–H groups in total. The molecular weight excluding hydrogens is 316 g/mol.